The monoisotopic (exact) mass is 376 g/mol. The molecule has 0 spiro atoms. The van der Waals surface area contributed by atoms with Crippen LogP contribution in [0.4, 0.5) is 0 Å². The molecule has 1 fully saturated rings. The highest BCUT2D eigenvalue weighted by atomic mass is 32.2. The number of hydrogen-bond acceptors (Lipinski definition) is 4. The normalized spacial score (nSPS) is 16.1. The van der Waals surface area contributed by atoms with E-state index in [9.17, 15) is 13.5 Å². The van der Waals surface area contributed by atoms with Crippen LogP contribution in [0.1, 0.15) is 49.8 Å². The van der Waals surface area contributed by atoms with Gasteiger partial charge in [-0.2, -0.15) is 5.10 Å². The molecule has 3 rings (SSSR count). The zero-order valence-corrected chi connectivity index (χ0v) is 16.2. The minimum absolute atomic E-state index is 0.167. The Morgan fingerprint density at radius 1 is 1.15 bits per heavy atom. The number of hydrogen-bond donors (Lipinski definition) is 2. The molecule has 0 radical (unpaired) electrons. The Morgan fingerprint density at radius 3 is 2.46 bits per heavy atom. The van der Waals surface area contributed by atoms with Gasteiger partial charge in [0, 0.05) is 29.7 Å². The summed E-state index contributed by atoms with van der Waals surface area (Å²) < 4.78 is 23.4. The summed E-state index contributed by atoms with van der Waals surface area (Å²) in [5.74, 6) is 0.684. The van der Waals surface area contributed by atoms with Gasteiger partial charge in [0.05, 0.1) is 10.6 Å². The van der Waals surface area contributed by atoms with Gasteiger partial charge in [-0.1, -0.05) is 44.2 Å². The molecule has 1 aromatic heterocycles. The van der Waals surface area contributed by atoms with E-state index in [4.69, 9.17) is 0 Å². The van der Waals surface area contributed by atoms with Gasteiger partial charge >= 0.3 is 0 Å². The third kappa shape index (κ3) is 4.54. The number of sulfone groups is 1. The lowest BCUT2D eigenvalue weighted by Gasteiger charge is -2.22. The maximum Gasteiger partial charge on any atom is 0.175 e. The number of benzene rings is 1. The van der Waals surface area contributed by atoms with Gasteiger partial charge in [-0.3, -0.25) is 5.10 Å². The molecule has 1 saturated carbocycles. The van der Waals surface area contributed by atoms with Crippen LogP contribution in [-0.4, -0.2) is 36.6 Å². The number of aryl methyl sites for hydroxylation is 1. The van der Waals surface area contributed by atoms with Crippen LogP contribution in [0.25, 0.3) is 11.3 Å². The molecule has 0 aliphatic heterocycles. The Morgan fingerprint density at radius 2 is 1.85 bits per heavy atom. The fourth-order valence-electron chi connectivity index (χ4n) is 3.86. The van der Waals surface area contributed by atoms with Crippen LogP contribution < -0.4 is 0 Å². The molecule has 1 aromatic carbocycles. The Bertz CT molecular complexity index is 819. The number of nitrogens with zero attached hydrogens (tertiary/aromatic N) is 1. The van der Waals surface area contributed by atoms with Gasteiger partial charge in [0.15, 0.2) is 9.84 Å². The van der Waals surface area contributed by atoms with Crippen LogP contribution in [0.5, 0.6) is 0 Å². The third-order valence-electron chi connectivity index (χ3n) is 5.31. The Hall–Kier alpha value is -1.66. The first-order valence-corrected chi connectivity index (χ1v) is 11.4. The van der Waals surface area contributed by atoms with Crippen LogP contribution in [0.3, 0.4) is 0 Å². The standard InChI is InChI=1S/C20H28N2O3S/c1-26(24,25)17-11-9-16(10-12-17)20-18(14-15-6-3-2-4-7-15)19(21-22-20)8-5-13-23/h9-12,15,23H,2-8,13-14H2,1H3,(H,21,22). The van der Waals surface area contributed by atoms with Crippen LogP contribution in [-0.2, 0) is 22.7 Å². The van der Waals surface area contributed by atoms with Crippen molar-refractivity contribution in [1.82, 2.24) is 10.2 Å². The largest absolute Gasteiger partial charge is 0.396 e. The van der Waals surface area contributed by atoms with E-state index in [-0.39, 0.29) is 6.61 Å². The number of H-pyrrole nitrogens is 1. The number of aromatic amines is 1. The van der Waals surface area contributed by atoms with Crippen LogP contribution in [0, 0.1) is 5.92 Å². The van der Waals surface area contributed by atoms with Gasteiger partial charge in [0.25, 0.3) is 0 Å². The molecule has 142 valence electrons. The third-order valence-corrected chi connectivity index (χ3v) is 6.44. The van der Waals surface area contributed by atoms with E-state index in [2.05, 4.69) is 10.2 Å². The van der Waals surface area contributed by atoms with Gasteiger partial charge < -0.3 is 5.11 Å². The predicted molar refractivity (Wildman–Crippen MR) is 103 cm³/mol. The van der Waals surface area contributed by atoms with E-state index in [1.165, 1.54) is 43.9 Å². The van der Waals surface area contributed by atoms with Crippen molar-refractivity contribution in [1.29, 1.82) is 0 Å². The molecule has 0 saturated heterocycles. The van der Waals surface area contributed by atoms with Crippen molar-refractivity contribution in [3.63, 3.8) is 0 Å². The lowest BCUT2D eigenvalue weighted by atomic mass is 9.83. The smallest absolute Gasteiger partial charge is 0.175 e. The zero-order chi connectivity index (χ0) is 18.6. The maximum absolute atomic E-state index is 11.7. The van der Waals surface area contributed by atoms with E-state index >= 15 is 0 Å². The SMILES string of the molecule is CS(=O)(=O)c1ccc(-c2n[nH]c(CCCO)c2CC2CCCCC2)cc1. The van der Waals surface area contributed by atoms with Crippen LogP contribution >= 0.6 is 0 Å². The second-order valence-electron chi connectivity index (χ2n) is 7.36. The van der Waals surface area contributed by atoms with Crippen molar-refractivity contribution in [2.45, 2.75) is 56.3 Å². The van der Waals surface area contributed by atoms with Crippen molar-refractivity contribution in [3.05, 3.63) is 35.5 Å². The summed E-state index contributed by atoms with van der Waals surface area (Å²) in [6.45, 7) is 0.167. The van der Waals surface area contributed by atoms with Crippen LogP contribution in [0.15, 0.2) is 29.2 Å². The molecule has 2 aromatic rings. The molecule has 0 bridgehead atoms. The molecule has 5 nitrogen and oxygen atoms in total. The minimum Gasteiger partial charge on any atom is -0.396 e. The number of aliphatic hydroxyl groups is 1. The number of aromatic nitrogens is 2. The molecule has 0 amide bonds. The first-order valence-electron chi connectivity index (χ1n) is 9.46. The summed E-state index contributed by atoms with van der Waals surface area (Å²) in [6, 6.07) is 6.98. The lowest BCUT2D eigenvalue weighted by molar-refractivity contribution is 0.287. The molecule has 1 aliphatic carbocycles. The van der Waals surface area contributed by atoms with E-state index in [1.807, 2.05) is 12.1 Å². The maximum atomic E-state index is 11.7. The summed E-state index contributed by atoms with van der Waals surface area (Å²) in [7, 11) is -3.20. The van der Waals surface area contributed by atoms with Crippen molar-refractivity contribution < 1.29 is 13.5 Å². The van der Waals surface area contributed by atoms with Gasteiger partial charge in [0.1, 0.15) is 0 Å². The number of nitrogens with one attached hydrogen (secondary N) is 1. The first kappa shape index (κ1) is 19.1. The molecular weight excluding hydrogens is 348 g/mol. The quantitative estimate of drug-likeness (QED) is 0.774. The number of aliphatic hydroxyl groups excluding tert-OH is 1. The van der Waals surface area contributed by atoms with Crippen molar-refractivity contribution in [2.75, 3.05) is 12.9 Å². The second kappa shape index (κ2) is 8.35. The highest BCUT2D eigenvalue weighted by Crippen LogP contribution is 2.32. The Balaban J connectivity index is 1.91. The highest BCUT2D eigenvalue weighted by Gasteiger charge is 2.21. The topological polar surface area (TPSA) is 83.0 Å². The summed E-state index contributed by atoms with van der Waals surface area (Å²) in [5, 5.41) is 16.9. The summed E-state index contributed by atoms with van der Waals surface area (Å²) in [6.07, 6.45) is 10.2. The molecule has 6 heteroatoms. The van der Waals surface area contributed by atoms with Gasteiger partial charge in [0.2, 0.25) is 0 Å². The summed E-state index contributed by atoms with van der Waals surface area (Å²) in [5.41, 5.74) is 4.20. The predicted octanol–water partition coefficient (Wildman–Crippen LogP) is 3.53. The average Bonchev–Trinajstić information content (AvgIpc) is 3.02. The zero-order valence-electron chi connectivity index (χ0n) is 15.4. The first-order chi connectivity index (χ1) is 12.5. The fourth-order valence-corrected chi connectivity index (χ4v) is 4.49. The molecule has 0 unspecified atom stereocenters. The molecule has 26 heavy (non-hydrogen) atoms. The lowest BCUT2D eigenvalue weighted by Crippen LogP contribution is -2.11. The van der Waals surface area contributed by atoms with Gasteiger partial charge in [-0.15, -0.1) is 0 Å². The van der Waals surface area contributed by atoms with Crippen molar-refractivity contribution in [3.8, 4) is 11.3 Å². The second-order valence-corrected chi connectivity index (χ2v) is 9.38. The van der Waals surface area contributed by atoms with E-state index in [0.717, 1.165) is 29.8 Å². The molecule has 1 heterocycles. The summed E-state index contributed by atoms with van der Waals surface area (Å²) >= 11 is 0. The number of rotatable bonds is 7. The average molecular weight is 377 g/mol. The van der Waals surface area contributed by atoms with Crippen molar-refractivity contribution in [2.24, 2.45) is 5.92 Å². The van der Waals surface area contributed by atoms with E-state index < -0.39 is 9.84 Å². The molecule has 0 atom stereocenters. The highest BCUT2D eigenvalue weighted by molar-refractivity contribution is 7.90. The van der Waals surface area contributed by atoms with E-state index in [1.54, 1.807) is 12.1 Å². The Labute approximate surface area is 155 Å². The van der Waals surface area contributed by atoms with Gasteiger partial charge in [-0.25, -0.2) is 8.42 Å². The minimum atomic E-state index is -3.20. The van der Waals surface area contributed by atoms with Gasteiger partial charge in [-0.05, 0) is 37.3 Å². The van der Waals surface area contributed by atoms with Crippen molar-refractivity contribution >= 4 is 9.84 Å². The molecule has 1 aliphatic rings. The van der Waals surface area contributed by atoms with Crippen LogP contribution in [0.2, 0.25) is 0 Å². The fraction of sp³-hybridized carbons (Fsp3) is 0.550. The molecule has 2 N–H and O–H groups in total. The van der Waals surface area contributed by atoms with E-state index in [0.29, 0.717) is 17.2 Å². The summed E-state index contributed by atoms with van der Waals surface area (Å²) in [4.78, 5) is 0.325. The Kier molecular flexibility index (Phi) is 6.14. The molecular formula is C20H28N2O3S.